The smallest absolute Gasteiger partial charge is 0.0715 e. The molecule has 0 aliphatic heterocycles. The van der Waals surface area contributed by atoms with Crippen LogP contribution in [0.15, 0.2) is 89.4 Å². The Morgan fingerprint density at radius 2 is 1.28 bits per heavy atom. The van der Waals surface area contributed by atoms with Gasteiger partial charge in [-0.05, 0) is 46.2 Å². The molecule has 2 aromatic carbocycles. The van der Waals surface area contributed by atoms with Gasteiger partial charge < -0.3 is 0 Å². The highest BCUT2D eigenvalue weighted by atomic mass is 79.9. The molecule has 0 unspecified atom stereocenters. The summed E-state index contributed by atoms with van der Waals surface area (Å²) in [5.74, 6) is 0. The van der Waals surface area contributed by atoms with E-state index in [2.05, 4.69) is 94.8 Å². The predicted octanol–water partition coefficient (Wildman–Crippen LogP) is 6.87. The van der Waals surface area contributed by atoms with Crippen molar-refractivity contribution in [1.82, 2.24) is 4.98 Å². The number of halogens is 1. The molecular weight excluding hydrogens is 370 g/mol. The van der Waals surface area contributed by atoms with Crippen LogP contribution in [0.1, 0.15) is 18.5 Å². The van der Waals surface area contributed by atoms with Crippen LogP contribution in [0.4, 0.5) is 0 Å². The van der Waals surface area contributed by atoms with Gasteiger partial charge in [-0.3, -0.25) is 0 Å². The molecule has 0 atom stereocenters. The zero-order valence-corrected chi connectivity index (χ0v) is 15.4. The molecule has 0 spiro atoms. The molecule has 122 valence electrons. The van der Waals surface area contributed by atoms with Crippen LogP contribution in [0.2, 0.25) is 0 Å². The summed E-state index contributed by atoms with van der Waals surface area (Å²) < 4.78 is 1.25. The van der Waals surface area contributed by atoms with Crippen molar-refractivity contribution in [3.63, 3.8) is 0 Å². The zero-order valence-electron chi connectivity index (χ0n) is 13.8. The van der Waals surface area contributed by atoms with E-state index < -0.39 is 0 Å². The van der Waals surface area contributed by atoms with Gasteiger partial charge >= 0.3 is 0 Å². The van der Waals surface area contributed by atoms with E-state index in [1.165, 1.54) is 21.2 Å². The standard InChI is InChI=1S/C23H18BrN/c24-21-13-11-19(12-14-21)23-16-20(17-7-3-1-4-8-17)15-22(25-23)18-9-5-2-6-10-18/h1-11,13,15-16H,12,14H2. The maximum Gasteiger partial charge on any atom is 0.0715 e. The molecule has 0 radical (unpaired) electrons. The fourth-order valence-electron chi connectivity index (χ4n) is 3.07. The van der Waals surface area contributed by atoms with Crippen LogP contribution >= 0.6 is 15.9 Å². The summed E-state index contributed by atoms with van der Waals surface area (Å²) in [5, 5.41) is 0. The van der Waals surface area contributed by atoms with Crippen molar-refractivity contribution in [3.05, 3.63) is 95.1 Å². The first-order valence-electron chi connectivity index (χ1n) is 8.48. The van der Waals surface area contributed by atoms with Gasteiger partial charge in [0.25, 0.3) is 0 Å². The van der Waals surface area contributed by atoms with E-state index in [0.717, 1.165) is 29.8 Å². The van der Waals surface area contributed by atoms with Crippen molar-refractivity contribution in [3.8, 4) is 22.4 Å². The topological polar surface area (TPSA) is 12.9 Å². The van der Waals surface area contributed by atoms with Crippen LogP contribution in [0, 0.1) is 0 Å². The second-order valence-electron chi connectivity index (χ2n) is 6.16. The fourth-order valence-corrected chi connectivity index (χ4v) is 3.40. The highest BCUT2D eigenvalue weighted by Crippen LogP contribution is 2.32. The molecule has 1 aromatic heterocycles. The van der Waals surface area contributed by atoms with E-state index in [9.17, 15) is 0 Å². The van der Waals surface area contributed by atoms with Gasteiger partial charge in [0.15, 0.2) is 0 Å². The molecule has 0 fully saturated rings. The molecule has 1 nitrogen and oxygen atoms in total. The maximum absolute atomic E-state index is 4.97. The molecule has 1 aliphatic carbocycles. The Balaban J connectivity index is 1.87. The van der Waals surface area contributed by atoms with E-state index >= 15 is 0 Å². The molecule has 1 heterocycles. The molecule has 4 rings (SSSR count). The first-order chi connectivity index (χ1) is 12.3. The first-order valence-corrected chi connectivity index (χ1v) is 9.27. The number of allylic oxidation sites excluding steroid dienone is 4. The van der Waals surface area contributed by atoms with Crippen LogP contribution in [-0.2, 0) is 0 Å². The van der Waals surface area contributed by atoms with Crippen LogP contribution in [0.3, 0.4) is 0 Å². The summed E-state index contributed by atoms with van der Waals surface area (Å²) in [4.78, 5) is 4.97. The molecule has 25 heavy (non-hydrogen) atoms. The second-order valence-corrected chi connectivity index (χ2v) is 7.18. The summed E-state index contributed by atoms with van der Waals surface area (Å²) in [6.07, 6.45) is 6.36. The molecule has 1 aliphatic rings. The highest BCUT2D eigenvalue weighted by molar-refractivity contribution is 9.11. The number of aromatic nitrogens is 1. The summed E-state index contributed by atoms with van der Waals surface area (Å²) in [5.41, 5.74) is 6.95. The Labute approximate surface area is 156 Å². The molecule has 0 bridgehead atoms. The predicted molar refractivity (Wildman–Crippen MR) is 109 cm³/mol. The summed E-state index contributed by atoms with van der Waals surface area (Å²) in [6.45, 7) is 0. The van der Waals surface area contributed by atoms with Crippen LogP contribution in [-0.4, -0.2) is 4.98 Å². The fraction of sp³-hybridized carbons (Fsp3) is 0.0870. The monoisotopic (exact) mass is 387 g/mol. The zero-order chi connectivity index (χ0) is 17.1. The lowest BCUT2D eigenvalue weighted by atomic mass is 9.96. The molecule has 2 heteroatoms. The van der Waals surface area contributed by atoms with Crippen molar-refractivity contribution in [2.75, 3.05) is 0 Å². The molecule has 0 saturated carbocycles. The van der Waals surface area contributed by atoms with Gasteiger partial charge in [-0.25, -0.2) is 4.98 Å². The quantitative estimate of drug-likeness (QED) is 0.477. The molecule has 0 N–H and O–H groups in total. The minimum atomic E-state index is 1.01. The van der Waals surface area contributed by atoms with Crippen LogP contribution in [0.5, 0.6) is 0 Å². The lowest BCUT2D eigenvalue weighted by Gasteiger charge is -2.14. The third kappa shape index (κ3) is 3.64. The van der Waals surface area contributed by atoms with Crippen LogP contribution < -0.4 is 0 Å². The summed E-state index contributed by atoms with van der Waals surface area (Å²) in [7, 11) is 0. The number of hydrogen-bond acceptors (Lipinski definition) is 1. The number of benzene rings is 2. The number of pyridine rings is 1. The van der Waals surface area contributed by atoms with Gasteiger partial charge in [-0.15, -0.1) is 0 Å². The van der Waals surface area contributed by atoms with Gasteiger partial charge in [-0.1, -0.05) is 88.7 Å². The van der Waals surface area contributed by atoms with Crippen molar-refractivity contribution in [2.24, 2.45) is 0 Å². The second kappa shape index (κ2) is 7.20. The number of nitrogens with zero attached hydrogens (tertiary/aromatic N) is 1. The van der Waals surface area contributed by atoms with E-state index in [4.69, 9.17) is 4.98 Å². The Morgan fingerprint density at radius 3 is 1.92 bits per heavy atom. The normalized spacial score (nSPS) is 14.0. The third-order valence-electron chi connectivity index (χ3n) is 4.43. The maximum atomic E-state index is 4.97. The summed E-state index contributed by atoms with van der Waals surface area (Å²) >= 11 is 3.59. The van der Waals surface area contributed by atoms with Gasteiger partial charge in [0.1, 0.15) is 0 Å². The molecule has 0 amide bonds. The Morgan fingerprint density at radius 1 is 0.640 bits per heavy atom. The third-order valence-corrected chi connectivity index (χ3v) is 5.09. The highest BCUT2D eigenvalue weighted by Gasteiger charge is 2.12. The minimum absolute atomic E-state index is 1.01. The SMILES string of the molecule is BrC1=CC=C(c2cc(-c3ccccc3)cc(-c3ccccc3)n2)CC1. The molecular formula is C23H18BrN. The van der Waals surface area contributed by atoms with E-state index in [-0.39, 0.29) is 0 Å². The molecule has 3 aromatic rings. The lowest BCUT2D eigenvalue weighted by Crippen LogP contribution is -1.97. The Kier molecular flexibility index (Phi) is 4.62. The van der Waals surface area contributed by atoms with Gasteiger partial charge in [-0.2, -0.15) is 0 Å². The van der Waals surface area contributed by atoms with Crippen LogP contribution in [0.25, 0.3) is 28.0 Å². The average Bonchev–Trinajstić information content (AvgIpc) is 2.69. The Hall–Kier alpha value is -2.45. The lowest BCUT2D eigenvalue weighted by molar-refractivity contribution is 1.03. The number of hydrogen-bond donors (Lipinski definition) is 0. The average molecular weight is 388 g/mol. The van der Waals surface area contributed by atoms with Gasteiger partial charge in [0.2, 0.25) is 0 Å². The first kappa shape index (κ1) is 16.0. The number of rotatable bonds is 3. The Bertz CT molecular complexity index is 883. The van der Waals surface area contributed by atoms with E-state index in [1.54, 1.807) is 0 Å². The van der Waals surface area contributed by atoms with Crippen molar-refractivity contribution < 1.29 is 0 Å². The van der Waals surface area contributed by atoms with Gasteiger partial charge in [0.05, 0.1) is 11.4 Å². The van der Waals surface area contributed by atoms with Crippen molar-refractivity contribution in [1.29, 1.82) is 0 Å². The largest absolute Gasteiger partial charge is 0.248 e. The van der Waals surface area contributed by atoms with Crippen molar-refractivity contribution in [2.45, 2.75) is 12.8 Å². The van der Waals surface area contributed by atoms with Crippen molar-refractivity contribution >= 4 is 21.5 Å². The molecule has 0 saturated heterocycles. The van der Waals surface area contributed by atoms with E-state index in [0.29, 0.717) is 0 Å². The van der Waals surface area contributed by atoms with Gasteiger partial charge in [0, 0.05) is 5.56 Å². The summed E-state index contributed by atoms with van der Waals surface area (Å²) in [6, 6.07) is 25.3. The van der Waals surface area contributed by atoms with E-state index in [1.807, 2.05) is 6.07 Å². The minimum Gasteiger partial charge on any atom is -0.248 e.